The fraction of sp³-hybridized carbons (Fsp3) is 0.222. The van der Waals surface area contributed by atoms with E-state index in [4.69, 9.17) is 4.98 Å². The standard InChI is InChI=1S/C18H19N3OS/c1-13(2)19-17(22)11-21-10-6-9-16(21)18-20-15(12-23-18)14-7-4-3-5-8-14/h3-10,12-13H,11H2,1-2H3,(H,19,22). The Kier molecular flexibility index (Phi) is 4.57. The molecule has 0 saturated heterocycles. The van der Waals surface area contributed by atoms with Crippen molar-refractivity contribution in [2.75, 3.05) is 0 Å². The minimum atomic E-state index is 0.0114. The highest BCUT2D eigenvalue weighted by atomic mass is 32.1. The number of hydrogen-bond donors (Lipinski definition) is 1. The molecule has 0 fully saturated rings. The van der Waals surface area contributed by atoms with Crippen LogP contribution in [-0.4, -0.2) is 21.5 Å². The Balaban J connectivity index is 1.82. The molecule has 0 aliphatic carbocycles. The molecular weight excluding hydrogens is 306 g/mol. The van der Waals surface area contributed by atoms with E-state index < -0.39 is 0 Å². The van der Waals surface area contributed by atoms with E-state index >= 15 is 0 Å². The summed E-state index contributed by atoms with van der Waals surface area (Å²) in [4.78, 5) is 16.7. The van der Waals surface area contributed by atoms with Crippen LogP contribution in [0.5, 0.6) is 0 Å². The lowest BCUT2D eigenvalue weighted by atomic mass is 10.2. The van der Waals surface area contributed by atoms with Crippen LogP contribution in [-0.2, 0) is 11.3 Å². The number of amides is 1. The minimum absolute atomic E-state index is 0.0114. The molecule has 3 rings (SSSR count). The van der Waals surface area contributed by atoms with Gasteiger partial charge in [-0.3, -0.25) is 4.79 Å². The SMILES string of the molecule is CC(C)NC(=O)Cn1cccc1-c1nc(-c2ccccc2)cs1. The van der Waals surface area contributed by atoms with E-state index in [0.717, 1.165) is 22.0 Å². The smallest absolute Gasteiger partial charge is 0.240 e. The Morgan fingerprint density at radius 1 is 1.22 bits per heavy atom. The normalized spacial score (nSPS) is 10.9. The highest BCUT2D eigenvalue weighted by Crippen LogP contribution is 2.29. The second-order valence-electron chi connectivity index (χ2n) is 5.65. The zero-order valence-corrected chi connectivity index (χ0v) is 14.0. The van der Waals surface area contributed by atoms with Gasteiger partial charge in [-0.2, -0.15) is 0 Å². The topological polar surface area (TPSA) is 46.9 Å². The average molecular weight is 325 g/mol. The fourth-order valence-corrected chi connectivity index (χ4v) is 3.27. The Hall–Kier alpha value is -2.40. The predicted octanol–water partition coefficient (Wildman–Crippen LogP) is 3.80. The Labute approximate surface area is 139 Å². The second kappa shape index (κ2) is 6.79. The van der Waals surface area contributed by atoms with E-state index in [-0.39, 0.29) is 11.9 Å². The average Bonchev–Trinajstić information content (AvgIpc) is 3.16. The van der Waals surface area contributed by atoms with Crippen LogP contribution in [0, 0.1) is 0 Å². The van der Waals surface area contributed by atoms with Crippen molar-refractivity contribution in [2.45, 2.75) is 26.4 Å². The van der Waals surface area contributed by atoms with Crippen molar-refractivity contribution >= 4 is 17.2 Å². The number of hydrogen-bond acceptors (Lipinski definition) is 3. The van der Waals surface area contributed by atoms with Crippen molar-refractivity contribution in [3.05, 3.63) is 54.0 Å². The van der Waals surface area contributed by atoms with Gasteiger partial charge in [0.25, 0.3) is 0 Å². The molecular formula is C18H19N3OS. The number of aromatic nitrogens is 2. The van der Waals surface area contributed by atoms with Crippen molar-refractivity contribution in [1.82, 2.24) is 14.9 Å². The third-order valence-electron chi connectivity index (χ3n) is 3.39. The fourth-order valence-electron chi connectivity index (χ4n) is 2.40. The van der Waals surface area contributed by atoms with Crippen LogP contribution in [0.1, 0.15) is 13.8 Å². The highest BCUT2D eigenvalue weighted by Gasteiger charge is 2.12. The van der Waals surface area contributed by atoms with E-state index in [0.29, 0.717) is 6.54 Å². The monoisotopic (exact) mass is 325 g/mol. The lowest BCUT2D eigenvalue weighted by molar-refractivity contribution is -0.122. The van der Waals surface area contributed by atoms with E-state index in [2.05, 4.69) is 10.7 Å². The number of thiazole rings is 1. The van der Waals surface area contributed by atoms with Gasteiger partial charge in [0.15, 0.2) is 0 Å². The van der Waals surface area contributed by atoms with Gasteiger partial charge in [-0.25, -0.2) is 4.98 Å². The van der Waals surface area contributed by atoms with Gasteiger partial charge in [-0.05, 0) is 26.0 Å². The van der Waals surface area contributed by atoms with Gasteiger partial charge < -0.3 is 9.88 Å². The quantitative estimate of drug-likeness (QED) is 0.775. The van der Waals surface area contributed by atoms with Crippen molar-refractivity contribution in [3.8, 4) is 22.0 Å². The summed E-state index contributed by atoms with van der Waals surface area (Å²) in [5, 5.41) is 5.89. The molecule has 1 amide bonds. The first-order chi connectivity index (χ1) is 11.1. The summed E-state index contributed by atoms with van der Waals surface area (Å²) in [6, 6.07) is 14.2. The van der Waals surface area contributed by atoms with Gasteiger partial charge in [0.2, 0.25) is 5.91 Å². The third-order valence-corrected chi connectivity index (χ3v) is 4.25. The van der Waals surface area contributed by atoms with Crippen molar-refractivity contribution in [2.24, 2.45) is 0 Å². The van der Waals surface area contributed by atoms with Gasteiger partial charge in [0.1, 0.15) is 11.6 Å². The van der Waals surface area contributed by atoms with E-state index in [1.54, 1.807) is 11.3 Å². The first-order valence-corrected chi connectivity index (χ1v) is 8.47. The molecule has 1 N–H and O–H groups in total. The van der Waals surface area contributed by atoms with Crippen LogP contribution < -0.4 is 5.32 Å². The zero-order valence-electron chi connectivity index (χ0n) is 13.2. The van der Waals surface area contributed by atoms with Gasteiger partial charge in [-0.15, -0.1) is 11.3 Å². The Bertz CT molecular complexity index is 789. The molecule has 0 unspecified atom stereocenters. The highest BCUT2D eigenvalue weighted by molar-refractivity contribution is 7.13. The number of nitrogens with zero attached hydrogens (tertiary/aromatic N) is 2. The van der Waals surface area contributed by atoms with Gasteiger partial charge in [0.05, 0.1) is 11.4 Å². The number of rotatable bonds is 5. The zero-order chi connectivity index (χ0) is 16.2. The van der Waals surface area contributed by atoms with Crippen LogP contribution in [0.2, 0.25) is 0 Å². The van der Waals surface area contributed by atoms with Crippen molar-refractivity contribution in [1.29, 1.82) is 0 Å². The van der Waals surface area contributed by atoms with Crippen LogP contribution in [0.15, 0.2) is 54.0 Å². The summed E-state index contributed by atoms with van der Waals surface area (Å²) in [5.41, 5.74) is 3.03. The van der Waals surface area contributed by atoms with Crippen LogP contribution in [0.4, 0.5) is 0 Å². The first-order valence-electron chi connectivity index (χ1n) is 7.59. The molecule has 0 radical (unpaired) electrons. The Morgan fingerprint density at radius 2 is 2.00 bits per heavy atom. The molecule has 0 aliphatic rings. The summed E-state index contributed by atoms with van der Waals surface area (Å²) >= 11 is 1.59. The Morgan fingerprint density at radius 3 is 2.74 bits per heavy atom. The summed E-state index contributed by atoms with van der Waals surface area (Å²) in [6.07, 6.45) is 1.92. The molecule has 1 aromatic carbocycles. The van der Waals surface area contributed by atoms with E-state index in [9.17, 15) is 4.79 Å². The second-order valence-corrected chi connectivity index (χ2v) is 6.51. The maximum atomic E-state index is 12.0. The number of nitrogens with one attached hydrogen (secondary N) is 1. The molecule has 0 saturated carbocycles. The number of carbonyl (C=O) groups is 1. The summed E-state index contributed by atoms with van der Waals surface area (Å²) < 4.78 is 1.94. The molecule has 0 spiro atoms. The van der Waals surface area contributed by atoms with Gasteiger partial charge in [0, 0.05) is 23.2 Å². The molecule has 2 heterocycles. The molecule has 2 aromatic heterocycles. The van der Waals surface area contributed by atoms with Crippen LogP contribution in [0.25, 0.3) is 22.0 Å². The largest absolute Gasteiger partial charge is 0.352 e. The molecule has 118 valence electrons. The maximum Gasteiger partial charge on any atom is 0.240 e. The predicted molar refractivity (Wildman–Crippen MR) is 94.3 cm³/mol. The summed E-state index contributed by atoms with van der Waals surface area (Å²) in [5.74, 6) is 0.0114. The van der Waals surface area contributed by atoms with E-state index in [1.807, 2.05) is 67.1 Å². The molecule has 23 heavy (non-hydrogen) atoms. The van der Waals surface area contributed by atoms with Crippen LogP contribution >= 0.6 is 11.3 Å². The van der Waals surface area contributed by atoms with Crippen molar-refractivity contribution in [3.63, 3.8) is 0 Å². The molecule has 3 aromatic rings. The summed E-state index contributed by atoms with van der Waals surface area (Å²) in [6.45, 7) is 4.23. The molecule has 5 heteroatoms. The molecule has 0 aliphatic heterocycles. The van der Waals surface area contributed by atoms with E-state index in [1.165, 1.54) is 0 Å². The molecule has 0 bridgehead atoms. The van der Waals surface area contributed by atoms with Gasteiger partial charge in [-0.1, -0.05) is 30.3 Å². The molecule has 0 atom stereocenters. The summed E-state index contributed by atoms with van der Waals surface area (Å²) in [7, 11) is 0. The van der Waals surface area contributed by atoms with Gasteiger partial charge >= 0.3 is 0 Å². The first kappa shape index (κ1) is 15.5. The number of carbonyl (C=O) groups excluding carboxylic acids is 1. The van der Waals surface area contributed by atoms with Crippen molar-refractivity contribution < 1.29 is 4.79 Å². The molecule has 4 nitrogen and oxygen atoms in total. The minimum Gasteiger partial charge on any atom is -0.352 e. The number of benzene rings is 1. The van der Waals surface area contributed by atoms with Crippen LogP contribution in [0.3, 0.4) is 0 Å². The lowest BCUT2D eigenvalue weighted by Crippen LogP contribution is -2.33. The third kappa shape index (κ3) is 3.68. The maximum absolute atomic E-state index is 12.0. The lowest BCUT2D eigenvalue weighted by Gasteiger charge is -2.10.